The van der Waals surface area contributed by atoms with E-state index < -0.39 is 36.2 Å². The van der Waals surface area contributed by atoms with Crippen molar-refractivity contribution < 1.29 is 33.0 Å². The number of halogens is 2. The second-order valence-electron chi connectivity index (χ2n) is 8.40. The molecular weight excluding hydrogens is 492 g/mol. The first kappa shape index (κ1) is 24.3. The number of alkyl halides is 2. The van der Waals surface area contributed by atoms with Crippen LogP contribution in [0.5, 0.6) is 5.75 Å². The monoisotopic (exact) mass is 513 g/mol. The summed E-state index contributed by atoms with van der Waals surface area (Å²) in [5.74, 6) is -1.69. The average Bonchev–Trinajstić information content (AvgIpc) is 3.23. The Balaban J connectivity index is 1.38. The Hall–Kier alpha value is -4.36. The highest BCUT2D eigenvalue weighted by Gasteiger charge is 2.40. The summed E-state index contributed by atoms with van der Waals surface area (Å²) >= 11 is 0. The summed E-state index contributed by atoms with van der Waals surface area (Å²) in [6, 6.07) is 10.2. The minimum Gasteiger partial charge on any atom is -0.433 e. The highest BCUT2D eigenvalue weighted by molar-refractivity contribution is 6.06. The van der Waals surface area contributed by atoms with Crippen LogP contribution in [-0.4, -0.2) is 59.7 Å². The molecule has 0 aliphatic carbocycles. The van der Waals surface area contributed by atoms with Crippen LogP contribution in [0.15, 0.2) is 52.3 Å². The van der Waals surface area contributed by atoms with Crippen molar-refractivity contribution in [2.45, 2.75) is 25.4 Å². The summed E-state index contributed by atoms with van der Waals surface area (Å²) in [7, 11) is 0. The Labute approximate surface area is 207 Å². The Morgan fingerprint density at radius 3 is 2.84 bits per heavy atom. The number of hydrogen-bond acceptors (Lipinski definition) is 8. The van der Waals surface area contributed by atoms with Crippen molar-refractivity contribution in [2.75, 3.05) is 23.4 Å². The molecule has 0 radical (unpaired) electrons. The molecule has 2 aliphatic heterocycles. The number of carbonyl (C=O) groups is 2. The normalized spacial score (nSPS) is 18.1. The number of benzene rings is 2. The minimum atomic E-state index is -3.21. The smallest absolute Gasteiger partial charge is 0.387 e. The number of anilines is 2. The largest absolute Gasteiger partial charge is 0.433 e. The summed E-state index contributed by atoms with van der Waals surface area (Å²) in [5.41, 5.74) is 7.46. The number of nitrogens with two attached hydrogens (primary N) is 1. The summed E-state index contributed by atoms with van der Waals surface area (Å²) in [6.07, 6.45) is -3.51. The standard InChI is InChI=1S/C24H21F2N5O6/c25-24(26)37-17-9-15-11(1-4-18(32)30-15)8-16(17)31-5-6-36-20(23(31)35)19(33)22(34)29-13-2-3-14-12(7-13)10-28-21(14)27/h1-4,7-9,19-20,24,33H,5-6,10H2,(H2,27,28)(H,29,34)(H,30,32)/t19-,20-/m1/s1. The van der Waals surface area contributed by atoms with Crippen LogP contribution in [0.1, 0.15) is 11.1 Å². The number of fused-ring (bicyclic) bond motifs is 2. The van der Waals surface area contributed by atoms with Crippen LogP contribution in [0.25, 0.3) is 10.9 Å². The van der Waals surface area contributed by atoms with Crippen molar-refractivity contribution in [3.05, 3.63) is 63.9 Å². The van der Waals surface area contributed by atoms with Crippen LogP contribution < -0.4 is 26.2 Å². The maximum Gasteiger partial charge on any atom is 0.387 e. The Kier molecular flexibility index (Phi) is 6.31. The molecule has 0 saturated carbocycles. The van der Waals surface area contributed by atoms with E-state index in [0.717, 1.165) is 16.0 Å². The van der Waals surface area contributed by atoms with Crippen LogP contribution in [0.2, 0.25) is 0 Å². The first-order valence-electron chi connectivity index (χ1n) is 11.2. The number of morpholine rings is 1. The van der Waals surface area contributed by atoms with Gasteiger partial charge in [0, 0.05) is 35.3 Å². The number of H-pyrrole nitrogens is 1. The number of hydrogen-bond donors (Lipinski definition) is 4. The molecule has 5 rings (SSSR count). The molecule has 2 aromatic carbocycles. The zero-order chi connectivity index (χ0) is 26.3. The number of aliphatic hydroxyl groups is 1. The zero-order valence-electron chi connectivity index (χ0n) is 19.1. The highest BCUT2D eigenvalue weighted by Crippen LogP contribution is 2.35. The van der Waals surface area contributed by atoms with Crippen molar-refractivity contribution in [3.63, 3.8) is 0 Å². The fourth-order valence-corrected chi connectivity index (χ4v) is 4.30. The number of amides is 2. The van der Waals surface area contributed by atoms with Crippen molar-refractivity contribution in [2.24, 2.45) is 10.7 Å². The highest BCUT2D eigenvalue weighted by atomic mass is 19.3. The number of aliphatic hydroxyl groups excluding tert-OH is 1. The van der Waals surface area contributed by atoms with E-state index in [1.807, 2.05) is 0 Å². The third-order valence-corrected chi connectivity index (χ3v) is 6.06. The molecule has 1 saturated heterocycles. The molecule has 1 fully saturated rings. The molecule has 2 amide bonds. The molecular formula is C24H21F2N5O6. The molecule has 13 heteroatoms. The van der Waals surface area contributed by atoms with E-state index in [1.165, 1.54) is 24.3 Å². The average molecular weight is 513 g/mol. The van der Waals surface area contributed by atoms with Crippen molar-refractivity contribution in [1.29, 1.82) is 0 Å². The molecule has 3 aromatic rings. The van der Waals surface area contributed by atoms with Gasteiger partial charge in [0.2, 0.25) is 5.56 Å². The Bertz CT molecular complexity index is 1490. The van der Waals surface area contributed by atoms with Gasteiger partial charge in [-0.2, -0.15) is 8.78 Å². The lowest BCUT2D eigenvalue weighted by Gasteiger charge is -2.34. The molecule has 0 spiro atoms. The fraction of sp³-hybridized carbons (Fsp3) is 0.250. The molecule has 5 N–H and O–H groups in total. The topological polar surface area (TPSA) is 159 Å². The Morgan fingerprint density at radius 2 is 2.05 bits per heavy atom. The number of aliphatic imine (C=N–C) groups is 1. The first-order chi connectivity index (χ1) is 17.7. The van der Waals surface area contributed by atoms with Gasteiger partial charge >= 0.3 is 6.61 Å². The van der Waals surface area contributed by atoms with Gasteiger partial charge in [0.1, 0.15) is 5.84 Å². The summed E-state index contributed by atoms with van der Waals surface area (Å²) < 4.78 is 36.3. The van der Waals surface area contributed by atoms with Crippen LogP contribution >= 0.6 is 0 Å². The zero-order valence-corrected chi connectivity index (χ0v) is 19.1. The third kappa shape index (κ3) is 4.73. The van der Waals surface area contributed by atoms with Gasteiger partial charge in [-0.05, 0) is 35.9 Å². The second-order valence-corrected chi connectivity index (χ2v) is 8.40. The number of nitrogens with zero attached hydrogens (tertiary/aromatic N) is 2. The van der Waals surface area contributed by atoms with Crippen LogP contribution in [0.4, 0.5) is 20.2 Å². The van der Waals surface area contributed by atoms with Gasteiger partial charge in [0.05, 0.1) is 24.4 Å². The van der Waals surface area contributed by atoms with E-state index in [2.05, 4.69) is 20.0 Å². The fourth-order valence-electron chi connectivity index (χ4n) is 4.30. The molecule has 2 aliphatic rings. The lowest BCUT2D eigenvalue weighted by atomic mass is 10.1. The predicted molar refractivity (Wildman–Crippen MR) is 129 cm³/mol. The van der Waals surface area contributed by atoms with Crippen LogP contribution in [-0.2, 0) is 20.9 Å². The van der Waals surface area contributed by atoms with Crippen LogP contribution in [0.3, 0.4) is 0 Å². The summed E-state index contributed by atoms with van der Waals surface area (Å²) in [4.78, 5) is 45.4. The van der Waals surface area contributed by atoms with Gasteiger partial charge in [-0.1, -0.05) is 0 Å². The number of pyridine rings is 1. The maximum atomic E-state index is 13.3. The van der Waals surface area contributed by atoms with E-state index in [-0.39, 0.29) is 30.1 Å². The van der Waals surface area contributed by atoms with Gasteiger partial charge in [-0.15, -0.1) is 0 Å². The number of rotatable bonds is 6. The number of ether oxygens (including phenoxy) is 2. The van der Waals surface area contributed by atoms with E-state index in [9.17, 15) is 28.3 Å². The molecule has 0 unspecified atom stereocenters. The molecule has 3 heterocycles. The molecule has 1 aromatic heterocycles. The second kappa shape index (κ2) is 9.59. The lowest BCUT2D eigenvalue weighted by Crippen LogP contribution is -2.55. The van der Waals surface area contributed by atoms with Gasteiger partial charge in [-0.3, -0.25) is 19.4 Å². The molecule has 2 atom stereocenters. The number of nitrogens with one attached hydrogen (secondary N) is 2. The molecule has 0 bridgehead atoms. The van der Waals surface area contributed by atoms with Crippen LogP contribution in [0, 0.1) is 0 Å². The van der Waals surface area contributed by atoms with Gasteiger partial charge < -0.3 is 35.5 Å². The van der Waals surface area contributed by atoms with Crippen molar-refractivity contribution >= 4 is 39.9 Å². The van der Waals surface area contributed by atoms with E-state index in [1.54, 1.807) is 18.2 Å². The minimum absolute atomic E-state index is 0.0260. The lowest BCUT2D eigenvalue weighted by molar-refractivity contribution is -0.150. The predicted octanol–water partition coefficient (Wildman–Crippen LogP) is 1.08. The molecule has 37 heavy (non-hydrogen) atoms. The molecule has 192 valence electrons. The number of aromatic amines is 1. The molecule has 11 nitrogen and oxygen atoms in total. The van der Waals surface area contributed by atoms with E-state index in [4.69, 9.17) is 10.5 Å². The quantitative estimate of drug-likeness (QED) is 0.384. The number of carbonyl (C=O) groups excluding carboxylic acids is 2. The summed E-state index contributed by atoms with van der Waals surface area (Å²) in [6.45, 7) is -2.99. The maximum absolute atomic E-state index is 13.3. The third-order valence-electron chi connectivity index (χ3n) is 6.06. The van der Waals surface area contributed by atoms with E-state index in [0.29, 0.717) is 23.5 Å². The van der Waals surface area contributed by atoms with Gasteiger partial charge in [0.25, 0.3) is 11.8 Å². The van der Waals surface area contributed by atoms with Gasteiger partial charge in [0.15, 0.2) is 18.0 Å². The number of amidine groups is 1. The number of aromatic nitrogens is 1. The first-order valence-corrected chi connectivity index (χ1v) is 11.2. The Morgan fingerprint density at radius 1 is 1.24 bits per heavy atom. The summed E-state index contributed by atoms with van der Waals surface area (Å²) in [5, 5.41) is 13.7. The van der Waals surface area contributed by atoms with Crippen molar-refractivity contribution in [1.82, 2.24) is 4.98 Å². The SMILES string of the molecule is NC1=NCc2cc(NC(=O)[C@H](O)[C@H]3OCCN(c4cc5ccc(=O)[nH]c5cc4OC(F)F)C3=O)ccc21. The van der Waals surface area contributed by atoms with E-state index >= 15 is 0 Å². The van der Waals surface area contributed by atoms with Crippen molar-refractivity contribution in [3.8, 4) is 5.75 Å². The van der Waals surface area contributed by atoms with Gasteiger partial charge in [-0.25, -0.2) is 0 Å².